The number of benzene rings is 1. The third kappa shape index (κ3) is 2.17. The minimum atomic E-state index is -4.41. The number of alkyl halides is 3. The van der Waals surface area contributed by atoms with Gasteiger partial charge in [0, 0.05) is 23.2 Å². The van der Waals surface area contributed by atoms with Crippen LogP contribution in [-0.2, 0) is 12.7 Å². The molecule has 1 aromatic carbocycles. The fourth-order valence-electron chi connectivity index (χ4n) is 2.82. The van der Waals surface area contributed by atoms with E-state index in [0.717, 1.165) is 17.3 Å². The number of halogens is 3. The van der Waals surface area contributed by atoms with Gasteiger partial charge in [0.15, 0.2) is 0 Å². The van der Waals surface area contributed by atoms with Gasteiger partial charge in [0.25, 0.3) is 0 Å². The predicted octanol–water partition coefficient (Wildman–Crippen LogP) is 4.08. The lowest BCUT2D eigenvalue weighted by atomic mass is 9.97. The topological polar surface area (TPSA) is 46.5 Å². The molecule has 0 spiro atoms. The van der Waals surface area contributed by atoms with E-state index in [-0.39, 0.29) is 0 Å². The van der Waals surface area contributed by atoms with Gasteiger partial charge in [0.2, 0.25) is 0 Å². The second-order valence-corrected chi connectivity index (χ2v) is 5.21. The Labute approximate surface area is 124 Å². The number of aryl methyl sites for hydroxylation is 2. The van der Waals surface area contributed by atoms with Crippen LogP contribution in [0.5, 0.6) is 0 Å². The molecule has 0 radical (unpaired) electrons. The highest BCUT2D eigenvalue weighted by Gasteiger charge is 2.32. The Bertz CT molecular complexity index is 842. The summed E-state index contributed by atoms with van der Waals surface area (Å²) in [6.45, 7) is 6.29. The Morgan fingerprint density at radius 2 is 1.95 bits per heavy atom. The fraction of sp³-hybridized carbons (Fsp3) is 0.333. The maximum atomic E-state index is 13.1. The van der Waals surface area contributed by atoms with Gasteiger partial charge in [-0.15, -0.1) is 0 Å². The van der Waals surface area contributed by atoms with Crippen LogP contribution in [0.25, 0.3) is 22.0 Å². The summed E-state index contributed by atoms with van der Waals surface area (Å²) >= 11 is 0. The average molecular weight is 308 g/mol. The maximum Gasteiger partial charge on any atom is 0.416 e. The number of aromatic amines is 1. The number of fused-ring (bicyclic) bond motifs is 1. The van der Waals surface area contributed by atoms with Crippen molar-refractivity contribution in [2.75, 3.05) is 0 Å². The first-order valence-corrected chi connectivity index (χ1v) is 6.91. The van der Waals surface area contributed by atoms with Crippen LogP contribution in [0.4, 0.5) is 13.2 Å². The summed E-state index contributed by atoms with van der Waals surface area (Å²) < 4.78 is 41.2. The summed E-state index contributed by atoms with van der Waals surface area (Å²) in [6, 6.07) is 2.26. The van der Waals surface area contributed by atoms with Gasteiger partial charge in [-0.3, -0.25) is 9.78 Å². The molecule has 0 aliphatic rings. The van der Waals surface area contributed by atoms with E-state index in [2.05, 4.69) is 15.3 Å². The predicted molar refractivity (Wildman–Crippen MR) is 77.5 cm³/mol. The van der Waals surface area contributed by atoms with E-state index in [4.69, 9.17) is 0 Å². The monoisotopic (exact) mass is 308 g/mol. The molecule has 0 amide bonds. The molecule has 3 rings (SSSR count). The minimum absolute atomic E-state index is 0.368. The molecule has 0 bridgehead atoms. The smallest absolute Gasteiger partial charge is 0.278 e. The second kappa shape index (κ2) is 4.86. The van der Waals surface area contributed by atoms with Gasteiger partial charge in [0.05, 0.1) is 23.0 Å². The average Bonchev–Trinajstić information content (AvgIpc) is 3.01. The van der Waals surface area contributed by atoms with E-state index in [1.165, 1.54) is 6.07 Å². The van der Waals surface area contributed by atoms with Crippen LogP contribution in [0.1, 0.15) is 23.9 Å². The standard InChI is InChI=1S/C15H15F3N4/c1-4-22-9(3)14(8(2)21-22)11-5-10(15(16,17)18)6-13-12(11)7-19-20-13/h5-7H,4H2,1-3H3,(H,19,20). The molecular weight excluding hydrogens is 293 g/mol. The first kappa shape index (κ1) is 14.6. The van der Waals surface area contributed by atoms with Crippen molar-refractivity contribution in [3.8, 4) is 11.1 Å². The number of aromatic nitrogens is 4. The van der Waals surface area contributed by atoms with Gasteiger partial charge in [-0.25, -0.2) is 0 Å². The normalized spacial score (nSPS) is 12.3. The van der Waals surface area contributed by atoms with Crippen molar-refractivity contribution in [1.29, 1.82) is 0 Å². The highest BCUT2D eigenvalue weighted by atomic mass is 19.4. The molecule has 0 unspecified atom stereocenters. The van der Waals surface area contributed by atoms with E-state index in [0.29, 0.717) is 28.7 Å². The Kier molecular flexibility index (Phi) is 3.23. The minimum Gasteiger partial charge on any atom is -0.278 e. The quantitative estimate of drug-likeness (QED) is 0.775. The third-order valence-electron chi connectivity index (χ3n) is 3.84. The van der Waals surface area contributed by atoms with Gasteiger partial charge in [0.1, 0.15) is 0 Å². The van der Waals surface area contributed by atoms with Gasteiger partial charge < -0.3 is 0 Å². The van der Waals surface area contributed by atoms with Crippen molar-refractivity contribution in [3.63, 3.8) is 0 Å². The molecule has 4 nitrogen and oxygen atoms in total. The first-order chi connectivity index (χ1) is 10.3. The number of nitrogens with zero attached hydrogens (tertiary/aromatic N) is 3. The molecule has 0 saturated carbocycles. The molecule has 22 heavy (non-hydrogen) atoms. The number of H-pyrrole nitrogens is 1. The summed E-state index contributed by atoms with van der Waals surface area (Å²) in [7, 11) is 0. The first-order valence-electron chi connectivity index (χ1n) is 6.91. The summed E-state index contributed by atoms with van der Waals surface area (Å²) in [5.74, 6) is 0. The lowest BCUT2D eigenvalue weighted by molar-refractivity contribution is -0.137. The molecule has 0 atom stereocenters. The molecular formula is C15H15F3N4. The van der Waals surface area contributed by atoms with E-state index in [1.54, 1.807) is 17.8 Å². The van der Waals surface area contributed by atoms with Crippen LogP contribution in [0.2, 0.25) is 0 Å². The maximum absolute atomic E-state index is 13.1. The van der Waals surface area contributed by atoms with E-state index < -0.39 is 11.7 Å². The van der Waals surface area contributed by atoms with Crippen molar-refractivity contribution >= 4 is 10.9 Å². The van der Waals surface area contributed by atoms with Crippen molar-refractivity contribution in [3.05, 3.63) is 35.3 Å². The van der Waals surface area contributed by atoms with Crippen LogP contribution in [0, 0.1) is 13.8 Å². The van der Waals surface area contributed by atoms with Crippen molar-refractivity contribution < 1.29 is 13.2 Å². The Morgan fingerprint density at radius 3 is 2.55 bits per heavy atom. The van der Waals surface area contributed by atoms with Crippen LogP contribution in [0.3, 0.4) is 0 Å². The van der Waals surface area contributed by atoms with Crippen molar-refractivity contribution in [2.45, 2.75) is 33.5 Å². The Balaban J connectivity index is 2.35. The lowest BCUT2D eigenvalue weighted by Gasteiger charge is -2.11. The molecule has 1 N–H and O–H groups in total. The van der Waals surface area contributed by atoms with Gasteiger partial charge in [-0.05, 0) is 38.5 Å². The van der Waals surface area contributed by atoms with Gasteiger partial charge >= 0.3 is 6.18 Å². The molecule has 0 aliphatic heterocycles. The Hall–Kier alpha value is -2.31. The summed E-state index contributed by atoms with van der Waals surface area (Å²) in [5.41, 5.74) is 2.48. The van der Waals surface area contributed by atoms with E-state index >= 15 is 0 Å². The third-order valence-corrected chi connectivity index (χ3v) is 3.84. The lowest BCUT2D eigenvalue weighted by Crippen LogP contribution is -2.05. The highest BCUT2D eigenvalue weighted by molar-refractivity contribution is 5.96. The van der Waals surface area contributed by atoms with E-state index in [9.17, 15) is 13.2 Å². The zero-order valence-electron chi connectivity index (χ0n) is 12.4. The zero-order chi connectivity index (χ0) is 16.1. The summed E-state index contributed by atoms with van der Waals surface area (Å²) in [6.07, 6.45) is -2.86. The summed E-state index contributed by atoms with van der Waals surface area (Å²) in [4.78, 5) is 0. The molecule has 2 heterocycles. The highest BCUT2D eigenvalue weighted by Crippen LogP contribution is 2.38. The molecule has 0 aliphatic carbocycles. The van der Waals surface area contributed by atoms with Crippen LogP contribution < -0.4 is 0 Å². The van der Waals surface area contributed by atoms with E-state index in [1.807, 2.05) is 13.8 Å². The fourth-order valence-corrected chi connectivity index (χ4v) is 2.82. The van der Waals surface area contributed by atoms with Crippen molar-refractivity contribution in [2.24, 2.45) is 0 Å². The number of hydrogen-bond donors (Lipinski definition) is 1. The van der Waals surface area contributed by atoms with Crippen LogP contribution >= 0.6 is 0 Å². The number of hydrogen-bond acceptors (Lipinski definition) is 2. The van der Waals surface area contributed by atoms with Gasteiger partial charge in [-0.1, -0.05) is 0 Å². The van der Waals surface area contributed by atoms with Crippen LogP contribution in [0.15, 0.2) is 18.3 Å². The largest absolute Gasteiger partial charge is 0.416 e. The zero-order valence-corrected chi connectivity index (χ0v) is 12.4. The molecule has 0 saturated heterocycles. The molecule has 0 fully saturated rings. The molecule has 116 valence electrons. The molecule has 3 aromatic rings. The second-order valence-electron chi connectivity index (χ2n) is 5.21. The Morgan fingerprint density at radius 1 is 1.23 bits per heavy atom. The number of rotatable bonds is 2. The van der Waals surface area contributed by atoms with Crippen molar-refractivity contribution in [1.82, 2.24) is 20.0 Å². The molecule has 2 aromatic heterocycles. The summed E-state index contributed by atoms with van der Waals surface area (Å²) in [5, 5.41) is 11.6. The van der Waals surface area contributed by atoms with Crippen LogP contribution in [-0.4, -0.2) is 20.0 Å². The number of nitrogens with one attached hydrogen (secondary N) is 1. The SMILES string of the molecule is CCn1nc(C)c(-c2cc(C(F)(F)F)cc3[nH]ncc23)c1C. The molecule has 7 heteroatoms. The van der Waals surface area contributed by atoms with Gasteiger partial charge in [-0.2, -0.15) is 23.4 Å².